The smallest absolute Gasteiger partial charge is 0.219 e. The predicted octanol–water partition coefficient (Wildman–Crippen LogP) is 0.919. The van der Waals surface area contributed by atoms with Crippen molar-refractivity contribution in [2.75, 3.05) is 12.4 Å². The third-order valence-electron chi connectivity index (χ3n) is 1.43. The number of terminal acetylenes is 1. The van der Waals surface area contributed by atoms with Gasteiger partial charge in [-0.25, -0.2) is 9.97 Å². The van der Waals surface area contributed by atoms with Crippen molar-refractivity contribution in [2.24, 2.45) is 0 Å². The van der Waals surface area contributed by atoms with Crippen molar-refractivity contribution in [3.8, 4) is 18.2 Å². The Morgan fingerprint density at radius 1 is 1.62 bits per heavy atom. The summed E-state index contributed by atoms with van der Waals surface area (Å²) in [5.74, 6) is 3.63. The Bertz CT molecular complexity index is 319. The number of aromatic nitrogens is 2. The Kier molecular flexibility index (Phi) is 3.09. The summed E-state index contributed by atoms with van der Waals surface area (Å²) in [6.45, 7) is 1.78. The van der Waals surface area contributed by atoms with Crippen LogP contribution in [0.1, 0.15) is 6.92 Å². The molecule has 1 aromatic heterocycles. The minimum Gasteiger partial charge on any atom is -0.461 e. The molecule has 0 amide bonds. The zero-order valence-electron chi connectivity index (χ0n) is 7.61. The van der Waals surface area contributed by atoms with E-state index >= 15 is 0 Å². The SMILES string of the molecule is C#CC(C)Oc1cc(NC)ncn1. The van der Waals surface area contributed by atoms with E-state index in [-0.39, 0.29) is 6.10 Å². The molecule has 1 heterocycles. The van der Waals surface area contributed by atoms with Gasteiger partial charge in [-0.15, -0.1) is 6.42 Å². The van der Waals surface area contributed by atoms with Gasteiger partial charge in [0.05, 0.1) is 0 Å². The van der Waals surface area contributed by atoms with Gasteiger partial charge in [-0.05, 0) is 6.92 Å². The van der Waals surface area contributed by atoms with Crippen LogP contribution in [-0.4, -0.2) is 23.1 Å². The number of hydrogen-bond acceptors (Lipinski definition) is 4. The highest BCUT2D eigenvalue weighted by Crippen LogP contribution is 2.11. The van der Waals surface area contributed by atoms with Crippen LogP contribution in [-0.2, 0) is 0 Å². The van der Waals surface area contributed by atoms with Crippen LogP contribution in [0.2, 0.25) is 0 Å². The predicted molar refractivity (Wildman–Crippen MR) is 50.5 cm³/mol. The monoisotopic (exact) mass is 177 g/mol. The number of anilines is 1. The van der Waals surface area contributed by atoms with Gasteiger partial charge in [-0.1, -0.05) is 5.92 Å². The van der Waals surface area contributed by atoms with E-state index in [0.717, 1.165) is 0 Å². The second-order valence-electron chi connectivity index (χ2n) is 2.42. The van der Waals surface area contributed by atoms with Gasteiger partial charge >= 0.3 is 0 Å². The highest BCUT2D eigenvalue weighted by atomic mass is 16.5. The van der Waals surface area contributed by atoms with Gasteiger partial charge in [0.25, 0.3) is 0 Å². The molecule has 68 valence electrons. The van der Waals surface area contributed by atoms with Crippen molar-refractivity contribution >= 4 is 5.82 Å². The van der Waals surface area contributed by atoms with E-state index in [1.165, 1.54) is 6.33 Å². The zero-order valence-corrected chi connectivity index (χ0v) is 7.61. The van der Waals surface area contributed by atoms with E-state index in [0.29, 0.717) is 11.7 Å². The molecular formula is C9H11N3O. The molecule has 0 fully saturated rings. The van der Waals surface area contributed by atoms with Crippen molar-refractivity contribution in [1.29, 1.82) is 0 Å². The molecule has 1 aromatic rings. The summed E-state index contributed by atoms with van der Waals surface area (Å²) in [5.41, 5.74) is 0. The average molecular weight is 177 g/mol. The van der Waals surface area contributed by atoms with Crippen LogP contribution in [0.25, 0.3) is 0 Å². The molecule has 0 bridgehead atoms. The first kappa shape index (κ1) is 9.33. The fraction of sp³-hybridized carbons (Fsp3) is 0.333. The van der Waals surface area contributed by atoms with Crippen LogP contribution in [0.4, 0.5) is 5.82 Å². The Balaban J connectivity index is 2.73. The Morgan fingerprint density at radius 3 is 3.00 bits per heavy atom. The van der Waals surface area contributed by atoms with Gasteiger partial charge in [-0.2, -0.15) is 0 Å². The van der Waals surface area contributed by atoms with Crippen molar-refractivity contribution in [1.82, 2.24) is 9.97 Å². The fourth-order valence-electron chi connectivity index (χ4n) is 0.756. The molecule has 0 aliphatic rings. The molecule has 13 heavy (non-hydrogen) atoms. The van der Waals surface area contributed by atoms with Crippen molar-refractivity contribution in [3.05, 3.63) is 12.4 Å². The quantitative estimate of drug-likeness (QED) is 0.697. The first-order valence-electron chi connectivity index (χ1n) is 3.89. The maximum Gasteiger partial charge on any atom is 0.219 e. The highest BCUT2D eigenvalue weighted by molar-refractivity contribution is 5.36. The van der Waals surface area contributed by atoms with E-state index in [9.17, 15) is 0 Å². The molecule has 4 nitrogen and oxygen atoms in total. The van der Waals surface area contributed by atoms with Crippen LogP contribution in [0.5, 0.6) is 5.88 Å². The third-order valence-corrected chi connectivity index (χ3v) is 1.43. The van der Waals surface area contributed by atoms with E-state index in [2.05, 4.69) is 21.2 Å². The number of nitrogens with one attached hydrogen (secondary N) is 1. The number of hydrogen-bond donors (Lipinski definition) is 1. The molecule has 0 spiro atoms. The third kappa shape index (κ3) is 2.64. The van der Waals surface area contributed by atoms with Gasteiger partial charge in [0.15, 0.2) is 6.10 Å². The molecule has 1 N–H and O–H groups in total. The highest BCUT2D eigenvalue weighted by Gasteiger charge is 2.01. The molecule has 1 atom stereocenters. The molecule has 0 aliphatic heterocycles. The zero-order chi connectivity index (χ0) is 9.68. The topological polar surface area (TPSA) is 47.0 Å². The van der Waals surface area contributed by atoms with E-state index in [1.54, 1.807) is 20.0 Å². The van der Waals surface area contributed by atoms with E-state index < -0.39 is 0 Å². The average Bonchev–Trinajstić information content (AvgIpc) is 2.18. The molecule has 0 radical (unpaired) electrons. The van der Waals surface area contributed by atoms with Gasteiger partial charge < -0.3 is 10.1 Å². The summed E-state index contributed by atoms with van der Waals surface area (Å²) in [5, 5.41) is 2.88. The standard InChI is InChI=1S/C9H11N3O/c1-4-7(2)13-9-5-8(10-3)11-6-12-9/h1,5-7H,2-3H3,(H,10,11,12). The maximum atomic E-state index is 5.28. The second-order valence-corrected chi connectivity index (χ2v) is 2.42. The Labute approximate surface area is 77.4 Å². The van der Waals surface area contributed by atoms with E-state index in [4.69, 9.17) is 11.2 Å². The summed E-state index contributed by atoms with van der Waals surface area (Å²) in [7, 11) is 1.77. The molecule has 1 unspecified atom stereocenters. The number of nitrogens with zero attached hydrogens (tertiary/aromatic N) is 2. The maximum absolute atomic E-state index is 5.28. The van der Waals surface area contributed by atoms with Gasteiger partial charge in [-0.3, -0.25) is 0 Å². The normalized spacial score (nSPS) is 11.5. The van der Waals surface area contributed by atoms with Crippen molar-refractivity contribution < 1.29 is 4.74 Å². The van der Waals surface area contributed by atoms with Crippen LogP contribution >= 0.6 is 0 Å². The Morgan fingerprint density at radius 2 is 2.38 bits per heavy atom. The van der Waals surface area contributed by atoms with Gasteiger partial charge in [0.2, 0.25) is 5.88 Å². The first-order valence-corrected chi connectivity index (χ1v) is 3.89. The summed E-state index contributed by atoms with van der Waals surface area (Å²) < 4.78 is 5.28. The molecule has 1 rings (SSSR count). The van der Waals surface area contributed by atoms with Crippen molar-refractivity contribution in [3.63, 3.8) is 0 Å². The van der Waals surface area contributed by atoms with Crippen LogP contribution < -0.4 is 10.1 Å². The number of rotatable bonds is 3. The lowest BCUT2D eigenvalue weighted by atomic mass is 10.4. The first-order chi connectivity index (χ1) is 6.26. The summed E-state index contributed by atoms with van der Waals surface area (Å²) in [6, 6.07) is 1.69. The van der Waals surface area contributed by atoms with Crippen LogP contribution in [0.3, 0.4) is 0 Å². The minimum atomic E-state index is -0.278. The van der Waals surface area contributed by atoms with Crippen LogP contribution in [0.15, 0.2) is 12.4 Å². The molecule has 0 aromatic carbocycles. The van der Waals surface area contributed by atoms with Gasteiger partial charge in [0.1, 0.15) is 12.1 Å². The lowest BCUT2D eigenvalue weighted by molar-refractivity contribution is 0.267. The largest absolute Gasteiger partial charge is 0.461 e. The minimum absolute atomic E-state index is 0.278. The van der Waals surface area contributed by atoms with Crippen LogP contribution in [0, 0.1) is 12.3 Å². The number of ether oxygens (including phenoxy) is 1. The molecular weight excluding hydrogens is 166 g/mol. The van der Waals surface area contributed by atoms with E-state index in [1.807, 2.05) is 0 Å². The summed E-state index contributed by atoms with van der Waals surface area (Å²) in [6.07, 6.45) is 6.30. The molecule has 0 saturated carbocycles. The lowest BCUT2D eigenvalue weighted by Crippen LogP contribution is -2.09. The van der Waals surface area contributed by atoms with Crippen molar-refractivity contribution in [2.45, 2.75) is 13.0 Å². The summed E-state index contributed by atoms with van der Waals surface area (Å²) >= 11 is 0. The fourth-order valence-corrected chi connectivity index (χ4v) is 0.756. The van der Waals surface area contributed by atoms with Gasteiger partial charge in [0, 0.05) is 13.1 Å². The molecule has 4 heteroatoms. The molecule has 0 aliphatic carbocycles. The molecule has 0 saturated heterocycles. The lowest BCUT2D eigenvalue weighted by Gasteiger charge is -2.07. The Hall–Kier alpha value is -1.76. The second kappa shape index (κ2) is 4.31. The summed E-state index contributed by atoms with van der Waals surface area (Å²) in [4.78, 5) is 7.84.